The fraction of sp³-hybridized carbons (Fsp3) is 0.240. The highest BCUT2D eigenvalue weighted by Crippen LogP contribution is 2.49. The molecule has 8 heteroatoms. The molecule has 0 amide bonds. The molecule has 4 rings (SSSR count). The van der Waals surface area contributed by atoms with Gasteiger partial charge in [-0.15, -0.1) is 0 Å². The molecule has 3 aromatic carbocycles. The molecule has 0 atom stereocenters. The van der Waals surface area contributed by atoms with E-state index in [0.717, 1.165) is 6.07 Å². The van der Waals surface area contributed by atoms with Gasteiger partial charge in [0.05, 0.1) is 24.3 Å². The molecule has 0 aliphatic heterocycles. The summed E-state index contributed by atoms with van der Waals surface area (Å²) in [7, 11) is 0. The first-order valence-electron chi connectivity index (χ1n) is 10.4. The molecule has 0 saturated heterocycles. The molecule has 1 aliphatic rings. The molecule has 0 aromatic heterocycles. The topological polar surface area (TPSA) is 44.8 Å². The first-order valence-corrected chi connectivity index (χ1v) is 10.4. The monoisotopic (exact) mass is 460 g/mol. The third-order valence-electron chi connectivity index (χ3n) is 5.27. The Morgan fingerprint density at radius 3 is 2.15 bits per heavy atom. The Balaban J connectivity index is 1.70. The fourth-order valence-electron chi connectivity index (χ4n) is 3.83. The molecular weight excluding hydrogens is 440 g/mol. The number of hydrogen-bond acceptors (Lipinski definition) is 4. The van der Waals surface area contributed by atoms with E-state index in [1.807, 2.05) is 6.92 Å². The molecule has 1 aliphatic carbocycles. The van der Waals surface area contributed by atoms with Crippen LogP contribution < -0.4 is 14.2 Å². The van der Waals surface area contributed by atoms with Crippen LogP contribution in [0.1, 0.15) is 35.3 Å². The van der Waals surface area contributed by atoms with Crippen molar-refractivity contribution < 1.29 is 36.6 Å². The standard InChI is InChI=1S/C25H20F4O4/c1-3-31-15-7-5-14(6-8-15)24(30)33-20-12-10-17-16-9-11-19(32-4-2)22(26)18(16)13-25(28,29)21(17)23(20)27/h5-12H,3-4,13H2,1-2H3. The summed E-state index contributed by atoms with van der Waals surface area (Å²) in [5.41, 5.74) is -1.12. The van der Waals surface area contributed by atoms with Crippen LogP contribution in [0.3, 0.4) is 0 Å². The van der Waals surface area contributed by atoms with Gasteiger partial charge in [0.15, 0.2) is 23.1 Å². The molecule has 4 nitrogen and oxygen atoms in total. The number of carbonyl (C=O) groups excluding carboxylic acids is 1. The van der Waals surface area contributed by atoms with Crippen LogP contribution in [0.2, 0.25) is 0 Å². The Hall–Kier alpha value is -3.55. The molecule has 33 heavy (non-hydrogen) atoms. The van der Waals surface area contributed by atoms with Crippen molar-refractivity contribution in [1.82, 2.24) is 0 Å². The van der Waals surface area contributed by atoms with Crippen molar-refractivity contribution in [2.75, 3.05) is 13.2 Å². The summed E-state index contributed by atoms with van der Waals surface area (Å²) in [4.78, 5) is 12.4. The maximum Gasteiger partial charge on any atom is 0.343 e. The Labute approximate surface area is 187 Å². The Morgan fingerprint density at radius 2 is 1.48 bits per heavy atom. The lowest BCUT2D eigenvalue weighted by Crippen LogP contribution is -2.26. The second kappa shape index (κ2) is 8.77. The van der Waals surface area contributed by atoms with E-state index < -0.39 is 41.3 Å². The van der Waals surface area contributed by atoms with Gasteiger partial charge < -0.3 is 14.2 Å². The lowest BCUT2D eigenvalue weighted by Gasteiger charge is -2.29. The van der Waals surface area contributed by atoms with Gasteiger partial charge in [-0.05, 0) is 67.4 Å². The van der Waals surface area contributed by atoms with Gasteiger partial charge in [0.1, 0.15) is 5.75 Å². The zero-order valence-corrected chi connectivity index (χ0v) is 17.9. The van der Waals surface area contributed by atoms with E-state index in [0.29, 0.717) is 12.4 Å². The van der Waals surface area contributed by atoms with E-state index in [1.54, 1.807) is 19.1 Å². The van der Waals surface area contributed by atoms with Gasteiger partial charge in [0.2, 0.25) is 0 Å². The number of alkyl halides is 2. The molecule has 0 heterocycles. The van der Waals surface area contributed by atoms with Gasteiger partial charge >= 0.3 is 5.97 Å². The average molecular weight is 460 g/mol. The molecular formula is C25H20F4O4. The minimum atomic E-state index is -3.72. The first kappa shape index (κ1) is 22.6. The van der Waals surface area contributed by atoms with Crippen molar-refractivity contribution in [3.05, 3.63) is 76.9 Å². The zero-order valence-electron chi connectivity index (χ0n) is 17.9. The molecule has 0 radical (unpaired) electrons. The molecule has 0 saturated carbocycles. The third kappa shape index (κ3) is 4.13. The quantitative estimate of drug-likeness (QED) is 0.246. The molecule has 0 N–H and O–H groups in total. The summed E-state index contributed by atoms with van der Waals surface area (Å²) in [5.74, 6) is -7.14. The highest BCUT2D eigenvalue weighted by atomic mass is 19.3. The van der Waals surface area contributed by atoms with Gasteiger partial charge in [0, 0.05) is 12.0 Å². The summed E-state index contributed by atoms with van der Waals surface area (Å²) in [6.45, 7) is 4.06. The summed E-state index contributed by atoms with van der Waals surface area (Å²) < 4.78 is 75.4. The molecule has 0 unspecified atom stereocenters. The highest BCUT2D eigenvalue weighted by Gasteiger charge is 2.44. The van der Waals surface area contributed by atoms with Crippen LogP contribution in [0.5, 0.6) is 17.2 Å². The zero-order chi connectivity index (χ0) is 23.8. The number of fused-ring (bicyclic) bond motifs is 3. The van der Waals surface area contributed by atoms with Gasteiger partial charge in [-0.2, -0.15) is 0 Å². The number of benzene rings is 3. The van der Waals surface area contributed by atoms with Crippen LogP contribution in [0.25, 0.3) is 11.1 Å². The predicted octanol–water partition coefficient (Wildman–Crippen LogP) is 6.30. The number of carbonyl (C=O) groups is 1. The summed E-state index contributed by atoms with van der Waals surface area (Å²) in [5, 5.41) is 0. The fourth-order valence-corrected chi connectivity index (χ4v) is 3.83. The molecule has 0 fully saturated rings. The van der Waals surface area contributed by atoms with E-state index in [4.69, 9.17) is 14.2 Å². The van der Waals surface area contributed by atoms with E-state index in [2.05, 4.69) is 0 Å². The lowest BCUT2D eigenvalue weighted by atomic mass is 9.82. The van der Waals surface area contributed by atoms with Crippen LogP contribution in [0.15, 0.2) is 48.5 Å². The van der Waals surface area contributed by atoms with Gasteiger partial charge in [0.25, 0.3) is 5.92 Å². The van der Waals surface area contributed by atoms with Crippen molar-refractivity contribution in [1.29, 1.82) is 0 Å². The van der Waals surface area contributed by atoms with E-state index in [1.165, 1.54) is 30.3 Å². The van der Waals surface area contributed by atoms with Gasteiger partial charge in [-0.25, -0.2) is 22.4 Å². The second-order valence-corrected chi connectivity index (χ2v) is 7.37. The van der Waals surface area contributed by atoms with Crippen LogP contribution >= 0.6 is 0 Å². The number of hydrogen-bond donors (Lipinski definition) is 0. The van der Waals surface area contributed by atoms with Crippen molar-refractivity contribution in [2.45, 2.75) is 26.2 Å². The smallest absolute Gasteiger partial charge is 0.343 e. The number of rotatable bonds is 6. The third-order valence-corrected chi connectivity index (χ3v) is 5.27. The maximum atomic E-state index is 15.2. The van der Waals surface area contributed by atoms with Crippen molar-refractivity contribution in [2.24, 2.45) is 0 Å². The lowest BCUT2D eigenvalue weighted by molar-refractivity contribution is -0.00970. The summed E-state index contributed by atoms with van der Waals surface area (Å²) in [6, 6.07) is 11.0. The predicted molar refractivity (Wildman–Crippen MR) is 113 cm³/mol. The van der Waals surface area contributed by atoms with Crippen LogP contribution in [-0.2, 0) is 12.3 Å². The Bertz CT molecular complexity index is 1210. The van der Waals surface area contributed by atoms with Crippen molar-refractivity contribution >= 4 is 5.97 Å². The van der Waals surface area contributed by atoms with E-state index in [-0.39, 0.29) is 34.6 Å². The van der Waals surface area contributed by atoms with Crippen LogP contribution in [0.4, 0.5) is 17.6 Å². The minimum Gasteiger partial charge on any atom is -0.494 e. The Kier molecular flexibility index (Phi) is 6.01. The molecule has 3 aromatic rings. The number of halogens is 4. The van der Waals surface area contributed by atoms with E-state index >= 15 is 4.39 Å². The van der Waals surface area contributed by atoms with Gasteiger partial charge in [-0.3, -0.25) is 0 Å². The summed E-state index contributed by atoms with van der Waals surface area (Å²) in [6.07, 6.45) is -1.05. The Morgan fingerprint density at radius 1 is 0.848 bits per heavy atom. The SMILES string of the molecule is CCOc1ccc(C(=O)Oc2ccc3c(c2F)C(F)(F)Cc2c-3ccc(OCC)c2F)cc1. The van der Waals surface area contributed by atoms with Crippen LogP contribution in [0, 0.1) is 11.6 Å². The summed E-state index contributed by atoms with van der Waals surface area (Å²) >= 11 is 0. The number of esters is 1. The van der Waals surface area contributed by atoms with Crippen LogP contribution in [-0.4, -0.2) is 19.2 Å². The maximum absolute atomic E-state index is 15.2. The normalized spacial score (nSPS) is 13.6. The van der Waals surface area contributed by atoms with Crippen molar-refractivity contribution in [3.63, 3.8) is 0 Å². The number of ether oxygens (including phenoxy) is 3. The second-order valence-electron chi connectivity index (χ2n) is 7.37. The van der Waals surface area contributed by atoms with Gasteiger partial charge in [-0.1, -0.05) is 6.07 Å². The van der Waals surface area contributed by atoms with Crippen molar-refractivity contribution in [3.8, 4) is 28.4 Å². The average Bonchev–Trinajstić information content (AvgIpc) is 2.78. The van der Waals surface area contributed by atoms with E-state index in [9.17, 15) is 18.0 Å². The minimum absolute atomic E-state index is 0.0956. The molecule has 0 spiro atoms. The molecule has 172 valence electrons. The molecule has 0 bridgehead atoms. The highest BCUT2D eigenvalue weighted by molar-refractivity contribution is 5.91. The first-order chi connectivity index (χ1) is 15.8. The largest absolute Gasteiger partial charge is 0.494 e.